The average Bonchev–Trinajstić information content (AvgIpc) is 3.27. The molecular formula is C26H30FN5O2. The Kier molecular flexibility index (Phi) is 5.72. The Morgan fingerprint density at radius 3 is 2.59 bits per heavy atom. The van der Waals surface area contributed by atoms with Crippen molar-refractivity contribution in [2.75, 3.05) is 64.4 Å². The number of ether oxygens (including phenoxy) is 2. The highest BCUT2D eigenvalue weighted by Gasteiger charge is 2.22. The summed E-state index contributed by atoms with van der Waals surface area (Å²) in [5.74, 6) is 1.44. The van der Waals surface area contributed by atoms with E-state index >= 15 is 4.39 Å². The third-order valence-corrected chi connectivity index (χ3v) is 7.03. The van der Waals surface area contributed by atoms with Crippen molar-refractivity contribution in [3.05, 3.63) is 59.9 Å². The zero-order valence-electron chi connectivity index (χ0n) is 19.5. The van der Waals surface area contributed by atoms with Gasteiger partial charge >= 0.3 is 0 Å². The quantitative estimate of drug-likeness (QED) is 0.593. The van der Waals surface area contributed by atoms with E-state index in [9.17, 15) is 0 Å². The molecule has 0 atom stereocenters. The molecule has 7 nitrogen and oxygen atoms in total. The second-order valence-corrected chi connectivity index (χ2v) is 9.33. The van der Waals surface area contributed by atoms with Gasteiger partial charge in [-0.25, -0.2) is 9.37 Å². The van der Waals surface area contributed by atoms with E-state index in [0.717, 1.165) is 93.2 Å². The molecule has 34 heavy (non-hydrogen) atoms. The van der Waals surface area contributed by atoms with Gasteiger partial charge in [-0.1, -0.05) is 6.07 Å². The summed E-state index contributed by atoms with van der Waals surface area (Å²) in [6, 6.07) is 11.5. The Labute approximate surface area is 199 Å². The molecule has 8 heteroatoms. The van der Waals surface area contributed by atoms with Gasteiger partial charge in [-0.15, -0.1) is 0 Å². The van der Waals surface area contributed by atoms with Crippen molar-refractivity contribution in [1.82, 2.24) is 19.4 Å². The molecule has 2 saturated heterocycles. The minimum atomic E-state index is -0.205. The van der Waals surface area contributed by atoms with E-state index in [0.29, 0.717) is 12.2 Å². The Morgan fingerprint density at radius 1 is 0.971 bits per heavy atom. The highest BCUT2D eigenvalue weighted by Crippen LogP contribution is 2.36. The normalized spacial score (nSPS) is 18.9. The molecule has 3 aromatic rings. The molecule has 178 valence electrons. The maximum absolute atomic E-state index is 15.2. The van der Waals surface area contributed by atoms with Crippen molar-refractivity contribution in [3.8, 4) is 22.6 Å². The predicted octanol–water partition coefficient (Wildman–Crippen LogP) is 3.15. The number of hydrogen-bond acceptors (Lipinski definition) is 6. The highest BCUT2D eigenvalue weighted by atomic mass is 19.1. The highest BCUT2D eigenvalue weighted by molar-refractivity contribution is 5.71. The molecule has 0 aliphatic carbocycles. The monoisotopic (exact) mass is 463 g/mol. The van der Waals surface area contributed by atoms with Gasteiger partial charge in [0.25, 0.3) is 0 Å². The van der Waals surface area contributed by atoms with Gasteiger partial charge in [-0.05, 0) is 42.9 Å². The van der Waals surface area contributed by atoms with Crippen LogP contribution >= 0.6 is 0 Å². The largest absolute Gasteiger partial charge is 0.483 e. The number of anilines is 1. The van der Waals surface area contributed by atoms with Crippen molar-refractivity contribution in [2.45, 2.75) is 13.2 Å². The number of morpholine rings is 1. The summed E-state index contributed by atoms with van der Waals surface area (Å²) in [7, 11) is 2.12. The molecular weight excluding hydrogens is 433 g/mol. The van der Waals surface area contributed by atoms with E-state index in [1.165, 1.54) is 0 Å². The van der Waals surface area contributed by atoms with Crippen molar-refractivity contribution in [3.63, 3.8) is 0 Å². The van der Waals surface area contributed by atoms with Gasteiger partial charge in [0.05, 0.1) is 24.6 Å². The fraction of sp³-hybridized carbons (Fsp3) is 0.423. The van der Waals surface area contributed by atoms with Gasteiger partial charge in [0.2, 0.25) is 0 Å². The lowest BCUT2D eigenvalue weighted by Gasteiger charge is -2.34. The lowest BCUT2D eigenvalue weighted by Crippen LogP contribution is -2.44. The van der Waals surface area contributed by atoms with Crippen LogP contribution in [0.2, 0.25) is 0 Å². The molecule has 4 heterocycles. The van der Waals surface area contributed by atoms with Crippen LogP contribution in [0.1, 0.15) is 11.5 Å². The van der Waals surface area contributed by atoms with Gasteiger partial charge in [-0.2, -0.15) is 0 Å². The first-order chi connectivity index (χ1) is 16.6. The van der Waals surface area contributed by atoms with Crippen LogP contribution in [-0.2, 0) is 17.9 Å². The van der Waals surface area contributed by atoms with Crippen molar-refractivity contribution in [2.24, 2.45) is 0 Å². The molecule has 2 aromatic carbocycles. The molecule has 3 aliphatic heterocycles. The summed E-state index contributed by atoms with van der Waals surface area (Å²) < 4.78 is 28.7. The number of fused-ring (bicyclic) bond motifs is 3. The van der Waals surface area contributed by atoms with Gasteiger partial charge < -0.3 is 19.3 Å². The number of likely N-dealkylation sites (N-methyl/N-ethyl adjacent to an activating group) is 1. The number of halogens is 1. The molecule has 2 fully saturated rings. The summed E-state index contributed by atoms with van der Waals surface area (Å²) in [6.07, 6.45) is 2.09. The van der Waals surface area contributed by atoms with E-state index in [1.54, 1.807) is 6.07 Å². The van der Waals surface area contributed by atoms with Crippen LogP contribution in [0.4, 0.5) is 10.1 Å². The third-order valence-electron chi connectivity index (χ3n) is 7.03. The van der Waals surface area contributed by atoms with Crippen LogP contribution in [-0.4, -0.2) is 78.9 Å². The second kappa shape index (κ2) is 9.02. The first-order valence-corrected chi connectivity index (χ1v) is 12.0. The van der Waals surface area contributed by atoms with Crippen LogP contribution in [0, 0.1) is 5.82 Å². The van der Waals surface area contributed by atoms with Crippen LogP contribution in [0.3, 0.4) is 0 Å². The van der Waals surface area contributed by atoms with Crippen LogP contribution < -0.4 is 9.64 Å². The first kappa shape index (κ1) is 21.6. The zero-order chi connectivity index (χ0) is 23.1. The van der Waals surface area contributed by atoms with Crippen LogP contribution in [0.5, 0.6) is 5.75 Å². The Hall–Kier alpha value is -2.94. The standard InChI is InChI=1S/C26H30FN5O2/c1-29-6-8-31(9-7-29)21-3-4-22(23(27)15-21)19-2-5-24-25(14-19)34-18-26-28-20(17-32(24)26)16-30-10-12-33-13-11-30/h2-5,14-15,17H,6-13,16,18H2,1H3. The topological polar surface area (TPSA) is 46.0 Å². The molecule has 6 rings (SSSR count). The van der Waals surface area contributed by atoms with Crippen molar-refractivity contribution < 1.29 is 13.9 Å². The second-order valence-electron chi connectivity index (χ2n) is 9.33. The number of rotatable bonds is 4. The summed E-state index contributed by atoms with van der Waals surface area (Å²) >= 11 is 0. The summed E-state index contributed by atoms with van der Waals surface area (Å²) in [5.41, 5.74) is 4.33. The fourth-order valence-electron chi connectivity index (χ4n) is 4.99. The smallest absolute Gasteiger partial charge is 0.151 e. The van der Waals surface area contributed by atoms with E-state index in [1.807, 2.05) is 30.3 Å². The average molecular weight is 464 g/mol. The van der Waals surface area contributed by atoms with Crippen LogP contribution in [0.15, 0.2) is 42.6 Å². The van der Waals surface area contributed by atoms with Crippen molar-refractivity contribution in [1.29, 1.82) is 0 Å². The molecule has 0 spiro atoms. The number of nitrogens with zero attached hydrogens (tertiary/aromatic N) is 5. The fourth-order valence-corrected chi connectivity index (χ4v) is 4.99. The maximum atomic E-state index is 15.2. The molecule has 0 radical (unpaired) electrons. The van der Waals surface area contributed by atoms with Crippen molar-refractivity contribution >= 4 is 5.69 Å². The van der Waals surface area contributed by atoms with Gasteiger partial charge in [0, 0.05) is 63.3 Å². The van der Waals surface area contributed by atoms with E-state index in [2.05, 4.69) is 32.5 Å². The van der Waals surface area contributed by atoms with Gasteiger partial charge in [0.15, 0.2) is 5.82 Å². The first-order valence-electron chi connectivity index (χ1n) is 12.0. The molecule has 0 N–H and O–H groups in total. The molecule has 0 saturated carbocycles. The number of aromatic nitrogens is 2. The summed E-state index contributed by atoms with van der Waals surface area (Å²) in [5, 5.41) is 0. The molecule has 0 unspecified atom stereocenters. The van der Waals surface area contributed by atoms with E-state index in [-0.39, 0.29) is 5.82 Å². The molecule has 0 bridgehead atoms. The SMILES string of the molecule is CN1CCN(c2ccc(-c3ccc4c(c3)OCc3nc(CN5CCOCC5)cn3-4)c(F)c2)CC1. The van der Waals surface area contributed by atoms with Crippen LogP contribution in [0.25, 0.3) is 16.8 Å². The molecule has 0 amide bonds. The lowest BCUT2D eigenvalue weighted by atomic mass is 10.0. The maximum Gasteiger partial charge on any atom is 0.151 e. The van der Waals surface area contributed by atoms with Gasteiger partial charge in [-0.3, -0.25) is 9.47 Å². The number of hydrogen-bond donors (Lipinski definition) is 0. The third kappa shape index (κ3) is 4.17. The lowest BCUT2D eigenvalue weighted by molar-refractivity contribution is 0.0337. The molecule has 1 aromatic heterocycles. The number of imidazole rings is 1. The Morgan fingerprint density at radius 2 is 1.79 bits per heavy atom. The summed E-state index contributed by atoms with van der Waals surface area (Å²) in [6.45, 7) is 8.45. The predicted molar refractivity (Wildman–Crippen MR) is 129 cm³/mol. The summed E-state index contributed by atoms with van der Waals surface area (Å²) in [4.78, 5) is 11.7. The Bertz CT molecular complexity index is 1180. The minimum Gasteiger partial charge on any atom is -0.483 e. The number of piperazine rings is 1. The minimum absolute atomic E-state index is 0.205. The van der Waals surface area contributed by atoms with Gasteiger partial charge in [0.1, 0.15) is 18.2 Å². The number of benzene rings is 2. The zero-order valence-corrected chi connectivity index (χ0v) is 19.5. The molecule has 3 aliphatic rings. The van der Waals surface area contributed by atoms with E-state index < -0.39 is 0 Å². The van der Waals surface area contributed by atoms with E-state index in [4.69, 9.17) is 14.5 Å². The Balaban J connectivity index is 1.23.